The van der Waals surface area contributed by atoms with E-state index in [9.17, 15) is 5.26 Å². The van der Waals surface area contributed by atoms with Crippen molar-refractivity contribution >= 4 is 34.1 Å². The van der Waals surface area contributed by atoms with Crippen LogP contribution in [0.4, 0.5) is 5.82 Å². The Morgan fingerprint density at radius 3 is 2.86 bits per heavy atom. The van der Waals surface area contributed by atoms with Crippen LogP contribution in [0.15, 0.2) is 18.2 Å². The fourth-order valence-corrected chi connectivity index (χ4v) is 3.54. The highest BCUT2D eigenvalue weighted by molar-refractivity contribution is 7.80. The number of nitriles is 1. The molecular weight excluding hydrogens is 390 g/mol. The number of aromatic nitrogens is 1. The highest BCUT2D eigenvalue weighted by Gasteiger charge is 2.17. The first kappa shape index (κ1) is 19.5. The fraction of sp³-hybridized carbons (Fsp3) is 0.450. The number of fused-ring (bicyclic) bond motifs is 2. The zero-order valence-electron chi connectivity index (χ0n) is 16.0. The van der Waals surface area contributed by atoms with Gasteiger partial charge in [0.1, 0.15) is 11.9 Å². The van der Waals surface area contributed by atoms with Gasteiger partial charge in [-0.05, 0) is 43.6 Å². The van der Waals surface area contributed by atoms with Crippen molar-refractivity contribution in [1.82, 2.24) is 15.6 Å². The van der Waals surface area contributed by atoms with Crippen molar-refractivity contribution in [2.24, 2.45) is 0 Å². The van der Waals surface area contributed by atoms with Crippen molar-refractivity contribution in [2.75, 3.05) is 38.4 Å². The number of nitrogens with one attached hydrogen (secondary N) is 3. The Balaban J connectivity index is 1.26. The zero-order valence-corrected chi connectivity index (χ0v) is 16.8. The van der Waals surface area contributed by atoms with Crippen molar-refractivity contribution in [3.8, 4) is 17.6 Å². The SMILES string of the molecule is N#Cc1cc2cc3c(cc2nc1NCCCNC(=S)NCC1CCCO1)OCO3. The summed E-state index contributed by atoms with van der Waals surface area (Å²) in [5, 5.41) is 20.6. The lowest BCUT2D eigenvalue weighted by atomic mass is 10.1. The van der Waals surface area contributed by atoms with Crippen LogP contribution in [0, 0.1) is 11.3 Å². The van der Waals surface area contributed by atoms with E-state index in [1.807, 2.05) is 18.2 Å². The predicted molar refractivity (Wildman–Crippen MR) is 113 cm³/mol. The first-order valence-corrected chi connectivity index (χ1v) is 10.2. The summed E-state index contributed by atoms with van der Waals surface area (Å²) in [7, 11) is 0. The van der Waals surface area contributed by atoms with Gasteiger partial charge >= 0.3 is 0 Å². The standard InChI is InChI=1S/C20H23N5O3S/c21-10-14-7-13-8-17-18(28-12-27-17)9-16(13)25-19(14)22-4-2-5-23-20(29)24-11-15-3-1-6-26-15/h7-9,15H,1-6,11-12H2,(H,22,25)(H2,23,24,29). The molecule has 1 aromatic heterocycles. The number of benzene rings is 1. The molecule has 0 spiro atoms. The molecule has 3 N–H and O–H groups in total. The van der Waals surface area contributed by atoms with Gasteiger partial charge in [0.05, 0.1) is 17.2 Å². The van der Waals surface area contributed by atoms with Crippen LogP contribution < -0.4 is 25.4 Å². The molecule has 1 fully saturated rings. The summed E-state index contributed by atoms with van der Waals surface area (Å²) >= 11 is 5.29. The molecule has 29 heavy (non-hydrogen) atoms. The first-order valence-electron chi connectivity index (χ1n) is 9.74. The predicted octanol–water partition coefficient (Wildman–Crippen LogP) is 2.28. The van der Waals surface area contributed by atoms with Crippen LogP contribution in [0.25, 0.3) is 10.9 Å². The topological polar surface area (TPSA) is 100 Å². The minimum absolute atomic E-state index is 0.208. The maximum absolute atomic E-state index is 9.46. The highest BCUT2D eigenvalue weighted by Crippen LogP contribution is 2.36. The molecule has 9 heteroatoms. The summed E-state index contributed by atoms with van der Waals surface area (Å²) in [5.41, 5.74) is 1.26. The van der Waals surface area contributed by atoms with Crippen molar-refractivity contribution < 1.29 is 14.2 Å². The highest BCUT2D eigenvalue weighted by atomic mass is 32.1. The number of nitrogens with zero attached hydrogens (tertiary/aromatic N) is 2. The number of hydrogen-bond acceptors (Lipinski definition) is 7. The van der Waals surface area contributed by atoms with E-state index in [1.165, 1.54) is 0 Å². The third kappa shape index (κ3) is 4.78. The van der Waals surface area contributed by atoms with Crippen molar-refractivity contribution in [3.05, 3.63) is 23.8 Å². The molecular formula is C20H23N5O3S. The number of ether oxygens (including phenoxy) is 3. The molecule has 0 aliphatic carbocycles. The second-order valence-electron chi connectivity index (χ2n) is 6.95. The van der Waals surface area contributed by atoms with E-state index >= 15 is 0 Å². The zero-order chi connectivity index (χ0) is 20.1. The lowest BCUT2D eigenvalue weighted by Crippen LogP contribution is -2.40. The van der Waals surface area contributed by atoms with Crippen LogP contribution in [0.5, 0.6) is 11.5 Å². The molecule has 152 valence electrons. The Labute approximate surface area is 174 Å². The number of thiocarbonyl (C=S) groups is 1. The first-order chi connectivity index (χ1) is 14.2. The van der Waals surface area contributed by atoms with E-state index in [2.05, 4.69) is 27.0 Å². The van der Waals surface area contributed by atoms with E-state index in [1.54, 1.807) is 0 Å². The number of pyridine rings is 1. The number of anilines is 1. The molecule has 0 saturated carbocycles. The lowest BCUT2D eigenvalue weighted by Gasteiger charge is -2.14. The van der Waals surface area contributed by atoms with Gasteiger partial charge in [-0.1, -0.05) is 0 Å². The summed E-state index contributed by atoms with van der Waals surface area (Å²) in [6.45, 7) is 3.18. The molecule has 1 saturated heterocycles. The average molecular weight is 414 g/mol. The summed E-state index contributed by atoms with van der Waals surface area (Å²) in [6, 6.07) is 7.71. The Morgan fingerprint density at radius 2 is 2.07 bits per heavy atom. The second-order valence-corrected chi connectivity index (χ2v) is 7.35. The lowest BCUT2D eigenvalue weighted by molar-refractivity contribution is 0.114. The second kappa shape index (κ2) is 9.11. The van der Waals surface area contributed by atoms with Gasteiger partial charge in [-0.3, -0.25) is 0 Å². The minimum atomic E-state index is 0.208. The van der Waals surface area contributed by atoms with Gasteiger partial charge < -0.3 is 30.2 Å². The van der Waals surface area contributed by atoms with Gasteiger partial charge in [0.15, 0.2) is 16.6 Å². The van der Waals surface area contributed by atoms with Gasteiger partial charge in [0.25, 0.3) is 0 Å². The molecule has 1 atom stereocenters. The summed E-state index contributed by atoms with van der Waals surface area (Å²) in [4.78, 5) is 4.59. The molecule has 1 aromatic carbocycles. The van der Waals surface area contributed by atoms with Crippen molar-refractivity contribution in [3.63, 3.8) is 0 Å². The van der Waals surface area contributed by atoms with Gasteiger partial charge in [-0.2, -0.15) is 5.26 Å². The van der Waals surface area contributed by atoms with Crippen LogP contribution in [0.1, 0.15) is 24.8 Å². The van der Waals surface area contributed by atoms with E-state index in [-0.39, 0.29) is 12.9 Å². The molecule has 2 aliphatic rings. The van der Waals surface area contributed by atoms with E-state index in [0.29, 0.717) is 34.5 Å². The molecule has 8 nitrogen and oxygen atoms in total. The summed E-state index contributed by atoms with van der Waals surface area (Å²) in [6.07, 6.45) is 3.29. The fourth-order valence-electron chi connectivity index (χ4n) is 3.36. The summed E-state index contributed by atoms with van der Waals surface area (Å²) in [5.74, 6) is 1.92. The number of rotatable bonds is 7. The van der Waals surface area contributed by atoms with Gasteiger partial charge in [-0.25, -0.2) is 4.98 Å². The van der Waals surface area contributed by atoms with Crippen molar-refractivity contribution in [1.29, 1.82) is 5.26 Å². The third-order valence-electron chi connectivity index (χ3n) is 4.88. The van der Waals surface area contributed by atoms with Crippen LogP contribution in [-0.4, -0.2) is 49.2 Å². The van der Waals surface area contributed by atoms with Crippen LogP contribution in [0.2, 0.25) is 0 Å². The monoisotopic (exact) mass is 413 g/mol. The van der Waals surface area contributed by atoms with E-state index in [4.69, 9.17) is 26.4 Å². The molecule has 0 radical (unpaired) electrons. The maximum Gasteiger partial charge on any atom is 0.231 e. The molecule has 3 heterocycles. The van der Waals surface area contributed by atoms with Crippen LogP contribution >= 0.6 is 12.2 Å². The molecule has 4 rings (SSSR count). The third-order valence-corrected chi connectivity index (χ3v) is 5.16. The molecule has 0 bridgehead atoms. The molecule has 0 amide bonds. The summed E-state index contributed by atoms with van der Waals surface area (Å²) < 4.78 is 16.4. The Morgan fingerprint density at radius 1 is 1.21 bits per heavy atom. The minimum Gasteiger partial charge on any atom is -0.454 e. The molecule has 2 aromatic rings. The maximum atomic E-state index is 9.46. The normalized spacial score (nSPS) is 17.1. The van der Waals surface area contributed by atoms with E-state index in [0.717, 1.165) is 49.9 Å². The van der Waals surface area contributed by atoms with Gasteiger partial charge in [0.2, 0.25) is 6.79 Å². The van der Waals surface area contributed by atoms with Gasteiger partial charge in [-0.15, -0.1) is 0 Å². The molecule has 1 unspecified atom stereocenters. The van der Waals surface area contributed by atoms with Gasteiger partial charge in [0, 0.05) is 37.7 Å². The van der Waals surface area contributed by atoms with Crippen molar-refractivity contribution in [2.45, 2.75) is 25.4 Å². The Bertz CT molecular complexity index is 940. The Kier molecular flexibility index (Phi) is 6.12. The smallest absolute Gasteiger partial charge is 0.231 e. The average Bonchev–Trinajstić information content (AvgIpc) is 3.41. The van der Waals surface area contributed by atoms with Crippen LogP contribution in [-0.2, 0) is 4.74 Å². The Hall–Kier alpha value is -2.83. The van der Waals surface area contributed by atoms with E-state index < -0.39 is 0 Å². The quantitative estimate of drug-likeness (QED) is 0.466. The largest absolute Gasteiger partial charge is 0.454 e. The number of hydrogen-bond donors (Lipinski definition) is 3. The molecule has 2 aliphatic heterocycles. The van der Waals surface area contributed by atoms with Crippen LogP contribution in [0.3, 0.4) is 0 Å².